The van der Waals surface area contributed by atoms with Crippen molar-refractivity contribution in [2.75, 3.05) is 6.54 Å². The molecule has 1 aliphatic heterocycles. The molecule has 2 aliphatic carbocycles. The van der Waals surface area contributed by atoms with Crippen molar-refractivity contribution in [3.8, 4) is 0 Å². The standard InChI is InChI=1S/C15H26N2O/c16-13-5-1-11(2-6-13)4-8-15(18)17-10-12-3-7-14(17)9-12/h11-14H,1-10,16H2. The van der Waals surface area contributed by atoms with Gasteiger partial charge in [-0.05, 0) is 63.2 Å². The van der Waals surface area contributed by atoms with E-state index in [0.29, 0.717) is 18.0 Å². The van der Waals surface area contributed by atoms with E-state index in [2.05, 4.69) is 4.90 Å². The Bertz CT molecular complexity index is 310. The third-order valence-corrected chi connectivity index (χ3v) is 5.39. The highest BCUT2D eigenvalue weighted by Crippen LogP contribution is 2.38. The van der Waals surface area contributed by atoms with Crippen LogP contribution in [0.15, 0.2) is 0 Å². The van der Waals surface area contributed by atoms with Crippen LogP contribution in [-0.2, 0) is 4.79 Å². The van der Waals surface area contributed by atoms with Crippen LogP contribution < -0.4 is 5.73 Å². The van der Waals surface area contributed by atoms with E-state index in [0.717, 1.165) is 44.1 Å². The van der Waals surface area contributed by atoms with E-state index in [4.69, 9.17) is 5.73 Å². The van der Waals surface area contributed by atoms with Gasteiger partial charge in [-0.25, -0.2) is 0 Å². The molecule has 3 aliphatic rings. The molecule has 0 radical (unpaired) electrons. The highest BCUT2D eigenvalue weighted by molar-refractivity contribution is 5.77. The van der Waals surface area contributed by atoms with Gasteiger partial charge in [0.15, 0.2) is 0 Å². The van der Waals surface area contributed by atoms with E-state index in [1.165, 1.54) is 32.1 Å². The smallest absolute Gasteiger partial charge is 0.222 e. The number of fused-ring (bicyclic) bond motifs is 2. The number of rotatable bonds is 3. The number of likely N-dealkylation sites (tertiary alicyclic amines) is 1. The molecule has 2 saturated carbocycles. The van der Waals surface area contributed by atoms with Gasteiger partial charge >= 0.3 is 0 Å². The lowest BCUT2D eigenvalue weighted by atomic mass is 9.83. The summed E-state index contributed by atoms with van der Waals surface area (Å²) in [5, 5.41) is 0. The van der Waals surface area contributed by atoms with Crippen molar-refractivity contribution < 1.29 is 4.79 Å². The zero-order valence-electron chi connectivity index (χ0n) is 11.3. The maximum absolute atomic E-state index is 12.2. The number of amides is 1. The summed E-state index contributed by atoms with van der Waals surface area (Å²) in [6.45, 7) is 1.05. The number of piperidine rings is 1. The average molecular weight is 250 g/mol. The van der Waals surface area contributed by atoms with Gasteiger partial charge in [-0.3, -0.25) is 4.79 Å². The van der Waals surface area contributed by atoms with Crippen LogP contribution in [0.5, 0.6) is 0 Å². The van der Waals surface area contributed by atoms with Crippen molar-refractivity contribution in [1.82, 2.24) is 4.90 Å². The molecule has 0 spiro atoms. The Balaban J connectivity index is 1.42. The number of nitrogens with two attached hydrogens (primary N) is 1. The summed E-state index contributed by atoms with van der Waals surface area (Å²) in [5.41, 5.74) is 5.92. The summed E-state index contributed by atoms with van der Waals surface area (Å²) in [5.74, 6) is 2.01. The highest BCUT2D eigenvalue weighted by Gasteiger charge is 2.39. The maximum atomic E-state index is 12.2. The Morgan fingerprint density at radius 2 is 1.89 bits per heavy atom. The van der Waals surface area contributed by atoms with Crippen LogP contribution >= 0.6 is 0 Å². The summed E-state index contributed by atoms with van der Waals surface area (Å²) in [6, 6.07) is 1.02. The summed E-state index contributed by atoms with van der Waals surface area (Å²) in [6.07, 6.45) is 10.6. The lowest BCUT2D eigenvalue weighted by Gasteiger charge is -2.29. The van der Waals surface area contributed by atoms with Gasteiger partial charge in [0.1, 0.15) is 0 Å². The first-order valence-electron chi connectivity index (χ1n) is 7.77. The summed E-state index contributed by atoms with van der Waals surface area (Å²) < 4.78 is 0. The first-order chi connectivity index (χ1) is 8.72. The summed E-state index contributed by atoms with van der Waals surface area (Å²) >= 11 is 0. The first kappa shape index (κ1) is 12.5. The van der Waals surface area contributed by atoms with Gasteiger partial charge in [-0.15, -0.1) is 0 Å². The predicted octanol–water partition coefficient (Wildman–Crippen LogP) is 2.29. The molecule has 1 heterocycles. The van der Waals surface area contributed by atoms with Crippen molar-refractivity contribution in [3.05, 3.63) is 0 Å². The van der Waals surface area contributed by atoms with Gasteiger partial charge < -0.3 is 10.6 Å². The molecule has 3 heteroatoms. The Hall–Kier alpha value is -0.570. The van der Waals surface area contributed by atoms with Crippen LogP contribution in [0, 0.1) is 11.8 Å². The normalized spacial score (nSPS) is 39.3. The van der Waals surface area contributed by atoms with Crippen LogP contribution in [0.2, 0.25) is 0 Å². The van der Waals surface area contributed by atoms with Crippen LogP contribution in [-0.4, -0.2) is 29.4 Å². The monoisotopic (exact) mass is 250 g/mol. The molecule has 1 saturated heterocycles. The van der Waals surface area contributed by atoms with Crippen LogP contribution in [0.1, 0.15) is 57.8 Å². The molecule has 3 fully saturated rings. The topological polar surface area (TPSA) is 46.3 Å². The third kappa shape index (κ3) is 2.56. The Morgan fingerprint density at radius 1 is 1.11 bits per heavy atom. The first-order valence-corrected chi connectivity index (χ1v) is 7.77. The van der Waals surface area contributed by atoms with Crippen LogP contribution in [0.3, 0.4) is 0 Å². The second-order valence-corrected chi connectivity index (χ2v) is 6.70. The molecule has 0 aromatic heterocycles. The molecule has 0 aromatic rings. The van der Waals surface area contributed by atoms with Gasteiger partial charge in [-0.1, -0.05) is 0 Å². The fourth-order valence-electron chi connectivity index (χ4n) is 4.18. The molecule has 3 rings (SSSR count). The van der Waals surface area contributed by atoms with Gasteiger partial charge in [-0.2, -0.15) is 0 Å². The zero-order chi connectivity index (χ0) is 12.5. The molecule has 2 bridgehead atoms. The van der Waals surface area contributed by atoms with E-state index in [1.807, 2.05) is 0 Å². The maximum Gasteiger partial charge on any atom is 0.222 e. The van der Waals surface area contributed by atoms with E-state index in [-0.39, 0.29) is 0 Å². The predicted molar refractivity (Wildman–Crippen MR) is 72.0 cm³/mol. The number of hydrogen-bond acceptors (Lipinski definition) is 2. The quantitative estimate of drug-likeness (QED) is 0.835. The van der Waals surface area contributed by atoms with Gasteiger partial charge in [0.25, 0.3) is 0 Å². The Kier molecular flexibility index (Phi) is 3.60. The summed E-state index contributed by atoms with van der Waals surface area (Å²) in [4.78, 5) is 14.4. The highest BCUT2D eigenvalue weighted by atomic mass is 16.2. The Morgan fingerprint density at radius 3 is 2.50 bits per heavy atom. The van der Waals surface area contributed by atoms with E-state index in [1.54, 1.807) is 0 Å². The summed E-state index contributed by atoms with van der Waals surface area (Å²) in [7, 11) is 0. The van der Waals surface area contributed by atoms with Crippen LogP contribution in [0.4, 0.5) is 0 Å². The van der Waals surface area contributed by atoms with E-state index >= 15 is 0 Å². The molecule has 2 unspecified atom stereocenters. The van der Waals surface area contributed by atoms with E-state index in [9.17, 15) is 4.79 Å². The van der Waals surface area contributed by atoms with Gasteiger partial charge in [0, 0.05) is 25.0 Å². The number of carbonyl (C=O) groups is 1. The largest absolute Gasteiger partial charge is 0.339 e. The fraction of sp³-hybridized carbons (Fsp3) is 0.933. The molecule has 1 amide bonds. The SMILES string of the molecule is NC1CCC(CCC(=O)N2CC3CCC2C3)CC1. The van der Waals surface area contributed by atoms with Crippen molar-refractivity contribution in [1.29, 1.82) is 0 Å². The Labute approximate surface area is 110 Å². The van der Waals surface area contributed by atoms with Gasteiger partial charge in [0.05, 0.1) is 0 Å². The minimum absolute atomic E-state index is 0.422. The van der Waals surface area contributed by atoms with Gasteiger partial charge in [0.2, 0.25) is 5.91 Å². The molecule has 18 heavy (non-hydrogen) atoms. The molecule has 102 valence electrons. The van der Waals surface area contributed by atoms with Crippen molar-refractivity contribution in [2.45, 2.75) is 69.9 Å². The molecule has 2 N–H and O–H groups in total. The number of carbonyl (C=O) groups excluding carboxylic acids is 1. The lowest BCUT2D eigenvalue weighted by Crippen LogP contribution is -2.37. The second-order valence-electron chi connectivity index (χ2n) is 6.70. The fourth-order valence-corrected chi connectivity index (χ4v) is 4.18. The lowest BCUT2D eigenvalue weighted by molar-refractivity contribution is -0.133. The van der Waals surface area contributed by atoms with Crippen molar-refractivity contribution >= 4 is 5.91 Å². The molecular formula is C15H26N2O. The minimum Gasteiger partial charge on any atom is -0.339 e. The average Bonchev–Trinajstić information content (AvgIpc) is 3.00. The molecule has 2 atom stereocenters. The van der Waals surface area contributed by atoms with E-state index < -0.39 is 0 Å². The zero-order valence-corrected chi connectivity index (χ0v) is 11.3. The number of nitrogens with zero attached hydrogens (tertiary/aromatic N) is 1. The minimum atomic E-state index is 0.422. The molecular weight excluding hydrogens is 224 g/mol. The molecule has 0 aromatic carbocycles. The molecule has 3 nitrogen and oxygen atoms in total. The third-order valence-electron chi connectivity index (χ3n) is 5.39. The second kappa shape index (κ2) is 5.20. The number of hydrogen-bond donors (Lipinski definition) is 1. The van der Waals surface area contributed by atoms with Crippen molar-refractivity contribution in [3.63, 3.8) is 0 Å². The van der Waals surface area contributed by atoms with Crippen molar-refractivity contribution in [2.24, 2.45) is 17.6 Å². The van der Waals surface area contributed by atoms with Crippen LogP contribution in [0.25, 0.3) is 0 Å².